The lowest BCUT2D eigenvalue weighted by atomic mass is 9.60. The second-order valence-electron chi connectivity index (χ2n) is 7.97. The fourth-order valence-corrected chi connectivity index (χ4v) is 3.50. The van der Waals surface area contributed by atoms with Gasteiger partial charge in [-0.3, -0.25) is 4.79 Å². The average molecular weight is 364 g/mol. The van der Waals surface area contributed by atoms with Gasteiger partial charge in [0.1, 0.15) is 5.69 Å². The Hall–Kier alpha value is -1.80. The van der Waals surface area contributed by atoms with Gasteiger partial charge in [0, 0.05) is 11.9 Å². The zero-order chi connectivity index (χ0) is 18.2. The molecule has 1 aliphatic rings. The number of nitrogens with zero attached hydrogens (tertiary/aromatic N) is 3. The summed E-state index contributed by atoms with van der Waals surface area (Å²) in [5.74, 6) is 0.214. The maximum atomic E-state index is 12.2. The van der Waals surface area contributed by atoms with Crippen LogP contribution in [0.4, 0.5) is 0 Å². The van der Waals surface area contributed by atoms with Gasteiger partial charge in [0.2, 0.25) is 0 Å². The third-order valence-corrected chi connectivity index (χ3v) is 5.24. The smallest absolute Gasteiger partial charge is 0.308 e. The monoisotopic (exact) mass is 364 g/mol. The molecule has 0 aliphatic heterocycles. The van der Waals surface area contributed by atoms with Crippen molar-refractivity contribution < 1.29 is 13.9 Å². The molecule has 0 spiro atoms. The lowest BCUT2D eigenvalue weighted by Gasteiger charge is -2.53. The molecule has 0 aromatic carbocycles. The predicted molar refractivity (Wildman–Crippen MR) is 94.3 cm³/mol. The molecule has 3 rings (SSSR count). The SMILES string of the molecule is CC(C)(C)O[C@@H]1C[C@H](CNC(=O)c2nnc(-c3cscn3)o2)C1(C)C. The van der Waals surface area contributed by atoms with Crippen molar-refractivity contribution in [2.75, 3.05) is 6.54 Å². The van der Waals surface area contributed by atoms with Crippen LogP contribution in [0, 0.1) is 11.3 Å². The molecule has 2 atom stereocenters. The van der Waals surface area contributed by atoms with Crippen molar-refractivity contribution >= 4 is 17.2 Å². The van der Waals surface area contributed by atoms with Crippen LogP contribution in [-0.4, -0.2) is 39.3 Å². The Bertz CT molecular complexity index is 733. The molecule has 2 heterocycles. The van der Waals surface area contributed by atoms with Gasteiger partial charge in [-0.1, -0.05) is 13.8 Å². The molecule has 8 heteroatoms. The highest BCUT2D eigenvalue weighted by molar-refractivity contribution is 7.07. The second-order valence-corrected chi connectivity index (χ2v) is 8.69. The standard InChI is InChI=1S/C17H24N4O3S/c1-16(2,3)24-12-6-10(17(12,4)5)7-18-13(22)15-21-20-14(23-15)11-8-25-9-19-11/h8-10,12H,6-7H2,1-5H3,(H,18,22)/t10-,12-/m1/s1. The Morgan fingerprint density at radius 2 is 2.20 bits per heavy atom. The molecule has 1 amide bonds. The topological polar surface area (TPSA) is 90.1 Å². The molecule has 1 saturated carbocycles. The molecular weight excluding hydrogens is 340 g/mol. The molecule has 1 N–H and O–H groups in total. The number of amides is 1. The van der Waals surface area contributed by atoms with E-state index in [0.717, 1.165) is 6.42 Å². The largest absolute Gasteiger partial charge is 0.411 e. The van der Waals surface area contributed by atoms with Gasteiger partial charge in [0.25, 0.3) is 5.89 Å². The van der Waals surface area contributed by atoms with Gasteiger partial charge in [0.05, 0.1) is 17.2 Å². The Morgan fingerprint density at radius 1 is 1.44 bits per heavy atom. The lowest BCUT2D eigenvalue weighted by Crippen LogP contribution is -2.56. The fraction of sp³-hybridized carbons (Fsp3) is 0.647. The van der Waals surface area contributed by atoms with Crippen LogP contribution in [0.1, 0.15) is 51.7 Å². The van der Waals surface area contributed by atoms with Crippen LogP contribution in [0.3, 0.4) is 0 Å². The van der Waals surface area contributed by atoms with Gasteiger partial charge in [-0.2, -0.15) is 0 Å². The zero-order valence-electron chi connectivity index (χ0n) is 15.2. The van der Waals surface area contributed by atoms with E-state index < -0.39 is 0 Å². The van der Waals surface area contributed by atoms with Crippen molar-refractivity contribution in [3.63, 3.8) is 0 Å². The van der Waals surface area contributed by atoms with E-state index in [1.165, 1.54) is 11.3 Å². The normalized spacial score (nSPS) is 22.4. The molecule has 2 aromatic rings. The van der Waals surface area contributed by atoms with Crippen molar-refractivity contribution in [2.24, 2.45) is 11.3 Å². The summed E-state index contributed by atoms with van der Waals surface area (Å²) in [6, 6.07) is 0. The minimum atomic E-state index is -0.357. The van der Waals surface area contributed by atoms with E-state index in [4.69, 9.17) is 9.15 Å². The Balaban J connectivity index is 1.53. The molecule has 2 aromatic heterocycles. The number of thiazole rings is 1. The maximum Gasteiger partial charge on any atom is 0.308 e. The third kappa shape index (κ3) is 3.90. The van der Waals surface area contributed by atoms with Crippen molar-refractivity contribution in [1.82, 2.24) is 20.5 Å². The number of aromatic nitrogens is 3. The fourth-order valence-electron chi connectivity index (χ4n) is 2.97. The first-order valence-electron chi connectivity index (χ1n) is 8.35. The average Bonchev–Trinajstić information content (AvgIpc) is 3.18. The summed E-state index contributed by atoms with van der Waals surface area (Å²) in [4.78, 5) is 16.3. The summed E-state index contributed by atoms with van der Waals surface area (Å²) in [7, 11) is 0. The van der Waals surface area contributed by atoms with E-state index in [1.807, 2.05) is 0 Å². The Kier molecular flexibility index (Phi) is 4.68. The van der Waals surface area contributed by atoms with E-state index in [0.29, 0.717) is 18.2 Å². The number of hydrogen-bond donors (Lipinski definition) is 1. The molecule has 0 radical (unpaired) electrons. The summed E-state index contributed by atoms with van der Waals surface area (Å²) in [6.45, 7) is 11.1. The highest BCUT2D eigenvalue weighted by atomic mass is 32.1. The third-order valence-electron chi connectivity index (χ3n) is 4.66. The number of ether oxygens (including phenoxy) is 1. The van der Waals surface area contributed by atoms with E-state index in [-0.39, 0.29) is 34.8 Å². The van der Waals surface area contributed by atoms with Crippen molar-refractivity contribution in [3.05, 3.63) is 16.8 Å². The molecule has 0 saturated heterocycles. The van der Waals surface area contributed by atoms with Crippen LogP contribution in [0.25, 0.3) is 11.6 Å². The quantitative estimate of drug-likeness (QED) is 0.876. The number of nitrogens with one attached hydrogen (secondary N) is 1. The van der Waals surface area contributed by atoms with Crippen LogP contribution in [0.15, 0.2) is 15.3 Å². The van der Waals surface area contributed by atoms with Crippen molar-refractivity contribution in [2.45, 2.75) is 52.7 Å². The zero-order valence-corrected chi connectivity index (χ0v) is 16.0. The van der Waals surface area contributed by atoms with Gasteiger partial charge in [0.15, 0.2) is 0 Å². The molecule has 25 heavy (non-hydrogen) atoms. The summed E-state index contributed by atoms with van der Waals surface area (Å²) in [5, 5.41) is 12.4. The minimum absolute atomic E-state index is 0.0150. The van der Waals surface area contributed by atoms with Crippen molar-refractivity contribution in [3.8, 4) is 11.6 Å². The number of rotatable bonds is 5. The van der Waals surface area contributed by atoms with Gasteiger partial charge < -0.3 is 14.5 Å². The number of carbonyl (C=O) groups is 1. The highest BCUT2D eigenvalue weighted by Crippen LogP contribution is 2.49. The van der Waals surface area contributed by atoms with Gasteiger partial charge in [-0.25, -0.2) is 4.98 Å². The minimum Gasteiger partial charge on any atom is -0.411 e. The van der Waals surface area contributed by atoms with Crippen LogP contribution in [-0.2, 0) is 4.74 Å². The molecule has 0 unspecified atom stereocenters. The Labute approximate surface area is 151 Å². The molecule has 1 aliphatic carbocycles. The summed E-state index contributed by atoms with van der Waals surface area (Å²) in [6.07, 6.45) is 1.13. The molecule has 1 fully saturated rings. The molecule has 0 bridgehead atoms. The van der Waals surface area contributed by atoms with Gasteiger partial charge in [-0.15, -0.1) is 21.5 Å². The van der Waals surface area contributed by atoms with Gasteiger partial charge >= 0.3 is 11.8 Å². The predicted octanol–water partition coefficient (Wildman–Crippen LogP) is 3.15. The van der Waals surface area contributed by atoms with E-state index in [1.54, 1.807) is 10.9 Å². The van der Waals surface area contributed by atoms with Crippen LogP contribution in [0.2, 0.25) is 0 Å². The first-order valence-corrected chi connectivity index (χ1v) is 9.29. The van der Waals surface area contributed by atoms with Gasteiger partial charge in [-0.05, 0) is 38.5 Å². The lowest BCUT2D eigenvalue weighted by molar-refractivity contribution is -0.187. The number of carbonyl (C=O) groups excluding carboxylic acids is 1. The summed E-state index contributed by atoms with van der Waals surface area (Å²) >= 11 is 1.43. The number of hydrogen-bond acceptors (Lipinski definition) is 7. The van der Waals surface area contributed by atoms with Crippen molar-refractivity contribution in [1.29, 1.82) is 0 Å². The molecular formula is C17H24N4O3S. The Morgan fingerprint density at radius 3 is 2.80 bits per heavy atom. The first kappa shape index (κ1) is 18.0. The van der Waals surface area contributed by atoms with E-state index in [2.05, 4.69) is 55.1 Å². The van der Waals surface area contributed by atoms with Crippen LogP contribution < -0.4 is 5.32 Å². The van der Waals surface area contributed by atoms with Crippen LogP contribution in [0.5, 0.6) is 0 Å². The summed E-state index contributed by atoms with van der Waals surface area (Å²) < 4.78 is 11.5. The molecule has 136 valence electrons. The highest BCUT2D eigenvalue weighted by Gasteiger charge is 2.50. The first-order chi connectivity index (χ1) is 11.7. The van der Waals surface area contributed by atoms with Crippen LogP contribution >= 0.6 is 11.3 Å². The van der Waals surface area contributed by atoms with E-state index >= 15 is 0 Å². The summed E-state index contributed by atoms with van der Waals surface area (Å²) in [5.41, 5.74) is 2.11. The second kappa shape index (κ2) is 6.49. The van der Waals surface area contributed by atoms with E-state index in [9.17, 15) is 4.79 Å². The molecule has 7 nitrogen and oxygen atoms in total. The maximum absolute atomic E-state index is 12.2.